The number of aromatic nitrogens is 3. The smallest absolute Gasteiger partial charge is 0.248 e. The molecule has 1 saturated heterocycles. The predicted octanol–water partition coefficient (Wildman–Crippen LogP) is 4.47. The van der Waals surface area contributed by atoms with Gasteiger partial charge in [0.2, 0.25) is 29.5 Å². The standard InChI is InChI=1S/C42H51Cl2N9O6S/c1-49(2)18-8-9-36(57)51-21-22-53(37(58)26-51)39-13-11-28(60-39)10-12-34(55)45-16-6-4-3-5-7-17-46-35(56)25-52-20-15-33(48-52)29-23-31(43)41(44)42-40(29)30-24-50(38(59)27-54)19-14-32(30)47-42/h8-13,15,20,23,47,54H,3-7,14,16-19,21-22,24-27H2,1-2H3,(H,45,55)(H,46,56)/b9-8?,12-10+. The lowest BCUT2D eigenvalue weighted by atomic mass is 9.99. The van der Waals surface area contributed by atoms with Crippen molar-refractivity contribution in [3.05, 3.63) is 74.9 Å². The minimum absolute atomic E-state index is 0.0337. The summed E-state index contributed by atoms with van der Waals surface area (Å²) in [4.78, 5) is 73.7. The number of aliphatic hydroxyl groups is 1. The van der Waals surface area contributed by atoms with E-state index in [0.29, 0.717) is 73.5 Å². The first kappa shape index (κ1) is 44.5. The van der Waals surface area contributed by atoms with Gasteiger partial charge in [-0.1, -0.05) is 48.5 Å². The number of rotatable bonds is 18. The number of amides is 5. The number of hydrogen-bond donors (Lipinski definition) is 4. The highest BCUT2D eigenvalue weighted by Crippen LogP contribution is 2.42. The van der Waals surface area contributed by atoms with Gasteiger partial charge in [0, 0.05) is 97.7 Å². The number of anilines is 1. The lowest BCUT2D eigenvalue weighted by Crippen LogP contribution is -2.51. The first-order valence-electron chi connectivity index (χ1n) is 20.1. The highest BCUT2D eigenvalue weighted by molar-refractivity contribution is 7.17. The number of nitrogens with one attached hydrogen (secondary N) is 3. The maximum absolute atomic E-state index is 12.8. The van der Waals surface area contributed by atoms with Gasteiger partial charge in [-0.3, -0.25) is 28.7 Å². The summed E-state index contributed by atoms with van der Waals surface area (Å²) in [5.74, 6) is -0.973. The summed E-state index contributed by atoms with van der Waals surface area (Å²) < 4.78 is 1.57. The number of carbonyl (C=O) groups is 5. The van der Waals surface area contributed by atoms with E-state index in [1.807, 2.05) is 37.2 Å². The Hall–Kier alpha value is -5.00. The molecule has 0 spiro atoms. The van der Waals surface area contributed by atoms with E-state index in [1.54, 1.807) is 43.8 Å². The van der Waals surface area contributed by atoms with E-state index in [2.05, 4.69) is 20.7 Å². The van der Waals surface area contributed by atoms with Crippen LogP contribution in [0, 0.1) is 0 Å². The van der Waals surface area contributed by atoms with Crippen LogP contribution < -0.4 is 15.5 Å². The molecule has 0 saturated carbocycles. The fourth-order valence-electron chi connectivity index (χ4n) is 7.23. The summed E-state index contributed by atoms with van der Waals surface area (Å²) in [7, 11) is 3.84. The molecule has 320 valence electrons. The van der Waals surface area contributed by atoms with Crippen LogP contribution in [0.25, 0.3) is 28.2 Å². The van der Waals surface area contributed by atoms with Crippen LogP contribution in [0.4, 0.5) is 5.00 Å². The number of likely N-dealkylation sites (N-methyl/N-ethyl adjacent to an activating group) is 1. The van der Waals surface area contributed by atoms with Crippen molar-refractivity contribution in [3.8, 4) is 11.3 Å². The molecular formula is C42H51Cl2N9O6S. The molecule has 2 aliphatic rings. The second-order valence-corrected chi connectivity index (χ2v) is 16.9. The average molecular weight is 881 g/mol. The van der Waals surface area contributed by atoms with E-state index in [4.69, 9.17) is 23.2 Å². The molecule has 2 aliphatic heterocycles. The molecule has 3 aromatic heterocycles. The van der Waals surface area contributed by atoms with Crippen LogP contribution in [0.5, 0.6) is 0 Å². The van der Waals surface area contributed by atoms with E-state index in [-0.39, 0.29) is 42.6 Å². The maximum atomic E-state index is 12.8. The van der Waals surface area contributed by atoms with Crippen LogP contribution in [0.15, 0.2) is 48.7 Å². The van der Waals surface area contributed by atoms with Crippen LogP contribution in [-0.4, -0.2) is 131 Å². The van der Waals surface area contributed by atoms with Crippen molar-refractivity contribution in [2.45, 2.75) is 51.6 Å². The van der Waals surface area contributed by atoms with Crippen LogP contribution in [-0.2, 0) is 43.5 Å². The highest BCUT2D eigenvalue weighted by Gasteiger charge is 2.29. The molecule has 1 fully saturated rings. The van der Waals surface area contributed by atoms with Crippen molar-refractivity contribution in [1.82, 2.24) is 40.1 Å². The first-order valence-corrected chi connectivity index (χ1v) is 21.7. The van der Waals surface area contributed by atoms with E-state index in [9.17, 15) is 29.1 Å². The number of aliphatic hydroxyl groups excluding tert-OH is 1. The van der Waals surface area contributed by atoms with Gasteiger partial charge in [-0.2, -0.15) is 5.10 Å². The number of piperazine rings is 1. The van der Waals surface area contributed by atoms with E-state index in [0.717, 1.165) is 64.2 Å². The van der Waals surface area contributed by atoms with Crippen LogP contribution in [0.3, 0.4) is 0 Å². The molecule has 4 N–H and O–H groups in total. The molecule has 60 heavy (non-hydrogen) atoms. The van der Waals surface area contributed by atoms with E-state index < -0.39 is 6.61 Å². The zero-order valence-corrected chi connectivity index (χ0v) is 36.2. The molecule has 4 aromatic rings. The summed E-state index contributed by atoms with van der Waals surface area (Å²) in [6.07, 6.45) is 13.4. The number of fused-ring (bicyclic) bond motifs is 3. The first-order chi connectivity index (χ1) is 28.9. The molecule has 0 bridgehead atoms. The van der Waals surface area contributed by atoms with Crippen LogP contribution >= 0.6 is 34.5 Å². The molecule has 6 rings (SSSR count). The Balaban J connectivity index is 0.855. The van der Waals surface area contributed by atoms with Crippen molar-refractivity contribution in [3.63, 3.8) is 0 Å². The number of nitrogens with zero attached hydrogens (tertiary/aromatic N) is 6. The Kier molecular flexibility index (Phi) is 15.6. The molecule has 0 aliphatic carbocycles. The third-order valence-electron chi connectivity index (χ3n) is 10.4. The quantitative estimate of drug-likeness (QED) is 0.0837. The minimum Gasteiger partial charge on any atom is -0.387 e. The second-order valence-electron chi connectivity index (χ2n) is 15.1. The Labute approximate surface area is 362 Å². The number of hydrogen-bond acceptors (Lipinski definition) is 9. The number of aromatic amines is 1. The van der Waals surface area contributed by atoms with E-state index in [1.165, 1.54) is 23.5 Å². The van der Waals surface area contributed by atoms with Gasteiger partial charge in [0.1, 0.15) is 19.7 Å². The molecule has 5 heterocycles. The fourth-order valence-corrected chi connectivity index (χ4v) is 8.58. The molecule has 15 nitrogen and oxygen atoms in total. The van der Waals surface area contributed by atoms with Crippen LogP contribution in [0.2, 0.25) is 10.0 Å². The lowest BCUT2D eigenvalue weighted by molar-refractivity contribution is -0.135. The maximum Gasteiger partial charge on any atom is 0.248 e. The fraction of sp³-hybridized carbons (Fsp3) is 0.429. The van der Waals surface area contributed by atoms with Gasteiger partial charge in [-0.25, -0.2) is 0 Å². The normalized spacial score (nSPS) is 14.6. The summed E-state index contributed by atoms with van der Waals surface area (Å²) in [5.41, 5.74) is 3.88. The zero-order valence-electron chi connectivity index (χ0n) is 33.8. The molecule has 1 aromatic carbocycles. The van der Waals surface area contributed by atoms with Crippen molar-refractivity contribution in [2.75, 3.05) is 71.4 Å². The number of H-pyrrole nitrogens is 1. The minimum atomic E-state index is -0.556. The number of benzene rings is 1. The Morgan fingerprint density at radius 3 is 2.48 bits per heavy atom. The monoisotopic (exact) mass is 879 g/mol. The summed E-state index contributed by atoms with van der Waals surface area (Å²) in [5, 5.41) is 22.3. The summed E-state index contributed by atoms with van der Waals surface area (Å²) in [6.45, 7) is 2.96. The summed E-state index contributed by atoms with van der Waals surface area (Å²) in [6, 6.07) is 7.31. The third kappa shape index (κ3) is 11.4. The lowest BCUT2D eigenvalue weighted by Gasteiger charge is -2.33. The number of carbonyl (C=O) groups excluding carboxylic acids is 5. The van der Waals surface area contributed by atoms with Gasteiger partial charge in [-0.15, -0.1) is 11.3 Å². The van der Waals surface area contributed by atoms with Gasteiger partial charge in [0.25, 0.3) is 0 Å². The molecular weight excluding hydrogens is 829 g/mol. The molecule has 0 radical (unpaired) electrons. The Morgan fingerprint density at radius 2 is 1.73 bits per heavy atom. The largest absolute Gasteiger partial charge is 0.387 e. The number of halogens is 2. The number of unbranched alkanes of at least 4 members (excludes halogenated alkanes) is 4. The molecule has 0 atom stereocenters. The van der Waals surface area contributed by atoms with Crippen molar-refractivity contribution in [1.29, 1.82) is 0 Å². The number of thiophene rings is 1. The SMILES string of the molecule is CN(C)CC=CC(=O)N1CCN(c2ccc(/C=C/C(=O)NCCCCCCCNC(=O)Cn3ccc(-c4cc(Cl)c(Cl)c5[nH]c6c(c45)CN(C(=O)CO)CC6)n3)s2)C(=O)C1. The highest BCUT2D eigenvalue weighted by atomic mass is 35.5. The predicted molar refractivity (Wildman–Crippen MR) is 235 cm³/mol. The van der Waals surface area contributed by atoms with Gasteiger partial charge in [-0.05, 0) is 57.3 Å². The van der Waals surface area contributed by atoms with Gasteiger partial charge < -0.3 is 40.3 Å². The van der Waals surface area contributed by atoms with E-state index >= 15 is 0 Å². The van der Waals surface area contributed by atoms with Gasteiger partial charge in [0.15, 0.2) is 0 Å². The van der Waals surface area contributed by atoms with Crippen LogP contribution in [0.1, 0.15) is 48.2 Å². The third-order valence-corrected chi connectivity index (χ3v) is 12.2. The Morgan fingerprint density at radius 1 is 0.967 bits per heavy atom. The zero-order chi connectivity index (χ0) is 42.8. The average Bonchev–Trinajstić information content (AvgIpc) is 3.99. The topological polar surface area (TPSA) is 176 Å². The van der Waals surface area contributed by atoms with Crippen molar-refractivity contribution in [2.24, 2.45) is 0 Å². The second kappa shape index (κ2) is 21.0. The van der Waals surface area contributed by atoms with Gasteiger partial charge in [0.05, 0.1) is 26.3 Å². The summed E-state index contributed by atoms with van der Waals surface area (Å²) >= 11 is 14.5. The van der Waals surface area contributed by atoms with Crippen molar-refractivity contribution >= 4 is 86.1 Å². The molecule has 5 amide bonds. The Bertz CT molecular complexity index is 2260. The van der Waals surface area contributed by atoms with Gasteiger partial charge >= 0.3 is 0 Å². The molecule has 18 heteroatoms. The molecule has 0 unspecified atom stereocenters. The van der Waals surface area contributed by atoms with Crippen molar-refractivity contribution < 1.29 is 29.1 Å².